The molecule has 3 N–H and O–H groups in total. The standard InChI is InChI=1S/C27H23ClN4O4S.C2H6/c1-27(2,36-21-14-10-19(11-15-21)23(33)18-8-12-20(28)13-9-18)24(34)31-32-25(35)30-26-29-22(16-37-26)17-6-4-3-5-7-17;1-2/h3-16H,1-2H3,(H,31,34)(H2,29,30,32,35);1-2H3. The summed E-state index contributed by atoms with van der Waals surface area (Å²) in [5, 5.41) is 5.35. The summed E-state index contributed by atoms with van der Waals surface area (Å²) >= 11 is 7.14. The third-order valence-electron chi connectivity index (χ3n) is 5.23. The minimum Gasteiger partial charge on any atom is -0.478 e. The Balaban J connectivity index is 0.00000205. The molecule has 3 amide bonds. The Kier molecular flexibility index (Phi) is 10.2. The minimum atomic E-state index is -1.32. The zero-order chi connectivity index (χ0) is 28.4. The van der Waals surface area contributed by atoms with E-state index in [1.807, 2.05) is 49.6 Å². The van der Waals surface area contributed by atoms with Gasteiger partial charge in [0.1, 0.15) is 5.75 Å². The second kappa shape index (κ2) is 13.5. The molecule has 0 fully saturated rings. The molecule has 39 heavy (non-hydrogen) atoms. The SMILES string of the molecule is CC.CC(C)(Oc1ccc(C(=O)c2ccc(Cl)cc2)cc1)C(=O)NNC(=O)Nc1nc(-c2ccccc2)cs1. The molecule has 3 aromatic carbocycles. The highest BCUT2D eigenvalue weighted by molar-refractivity contribution is 7.14. The molecule has 0 aliphatic carbocycles. The summed E-state index contributed by atoms with van der Waals surface area (Å²) in [7, 11) is 0. The monoisotopic (exact) mass is 564 g/mol. The molecule has 4 aromatic rings. The van der Waals surface area contributed by atoms with E-state index in [0.717, 1.165) is 11.3 Å². The van der Waals surface area contributed by atoms with Gasteiger partial charge >= 0.3 is 6.03 Å². The van der Waals surface area contributed by atoms with Crippen LogP contribution in [0.15, 0.2) is 84.2 Å². The van der Waals surface area contributed by atoms with Crippen LogP contribution in [0.4, 0.5) is 9.93 Å². The largest absolute Gasteiger partial charge is 0.478 e. The first-order valence-electron chi connectivity index (χ1n) is 12.2. The molecule has 0 radical (unpaired) electrons. The van der Waals surface area contributed by atoms with Crippen molar-refractivity contribution < 1.29 is 19.1 Å². The highest BCUT2D eigenvalue weighted by Gasteiger charge is 2.30. The summed E-state index contributed by atoms with van der Waals surface area (Å²) in [5.41, 5.74) is 5.97. The molecule has 0 unspecified atom stereocenters. The molecular weight excluding hydrogens is 536 g/mol. The zero-order valence-corrected chi connectivity index (χ0v) is 23.5. The Morgan fingerprint density at radius 2 is 1.44 bits per heavy atom. The van der Waals surface area contributed by atoms with E-state index >= 15 is 0 Å². The van der Waals surface area contributed by atoms with Crippen molar-refractivity contribution in [1.29, 1.82) is 0 Å². The third-order valence-corrected chi connectivity index (χ3v) is 6.24. The topological polar surface area (TPSA) is 109 Å². The number of nitrogens with zero attached hydrogens (tertiary/aromatic N) is 1. The van der Waals surface area contributed by atoms with Gasteiger partial charge in [-0.15, -0.1) is 11.3 Å². The normalized spacial score (nSPS) is 10.5. The van der Waals surface area contributed by atoms with Crippen LogP contribution in [0.1, 0.15) is 43.6 Å². The van der Waals surface area contributed by atoms with Crippen LogP contribution in [0.5, 0.6) is 5.75 Å². The maximum absolute atomic E-state index is 12.6. The molecule has 0 saturated carbocycles. The van der Waals surface area contributed by atoms with Crippen molar-refractivity contribution in [3.63, 3.8) is 0 Å². The lowest BCUT2D eigenvalue weighted by Crippen LogP contribution is -2.53. The summed E-state index contributed by atoms with van der Waals surface area (Å²) in [6, 6.07) is 22.0. The first kappa shape index (κ1) is 29.3. The number of benzene rings is 3. The molecule has 0 aliphatic rings. The summed E-state index contributed by atoms with van der Waals surface area (Å²) in [6.07, 6.45) is 0. The molecule has 0 aliphatic heterocycles. The fourth-order valence-electron chi connectivity index (χ4n) is 3.25. The lowest BCUT2D eigenvalue weighted by atomic mass is 10.0. The number of rotatable bonds is 7. The number of anilines is 1. The molecule has 4 rings (SSSR count). The van der Waals surface area contributed by atoms with E-state index in [-0.39, 0.29) is 5.78 Å². The molecule has 8 nitrogen and oxygen atoms in total. The number of ketones is 1. The maximum Gasteiger partial charge on any atom is 0.339 e. The highest BCUT2D eigenvalue weighted by atomic mass is 35.5. The predicted molar refractivity (Wildman–Crippen MR) is 155 cm³/mol. The summed E-state index contributed by atoms with van der Waals surface area (Å²) in [6.45, 7) is 7.11. The van der Waals surface area contributed by atoms with Crippen molar-refractivity contribution >= 4 is 45.8 Å². The van der Waals surface area contributed by atoms with Gasteiger partial charge in [0.25, 0.3) is 5.91 Å². The fourth-order valence-corrected chi connectivity index (χ4v) is 4.09. The number of ether oxygens (including phenoxy) is 1. The minimum absolute atomic E-state index is 0.161. The number of halogens is 1. The fraction of sp³-hybridized carbons (Fsp3) is 0.172. The number of carbonyl (C=O) groups excluding carboxylic acids is 3. The average Bonchev–Trinajstić information content (AvgIpc) is 3.42. The van der Waals surface area contributed by atoms with Crippen molar-refractivity contribution in [2.75, 3.05) is 5.32 Å². The molecule has 202 valence electrons. The van der Waals surface area contributed by atoms with Gasteiger partial charge in [-0.05, 0) is 62.4 Å². The number of carbonyl (C=O) groups is 3. The van der Waals surface area contributed by atoms with E-state index in [1.54, 1.807) is 62.4 Å². The number of amides is 3. The van der Waals surface area contributed by atoms with Crippen molar-refractivity contribution in [1.82, 2.24) is 15.8 Å². The van der Waals surface area contributed by atoms with Gasteiger partial charge in [0.05, 0.1) is 5.69 Å². The van der Waals surface area contributed by atoms with E-state index < -0.39 is 17.5 Å². The molecule has 0 bridgehead atoms. The summed E-state index contributed by atoms with van der Waals surface area (Å²) < 4.78 is 5.80. The highest BCUT2D eigenvalue weighted by Crippen LogP contribution is 2.24. The van der Waals surface area contributed by atoms with Crippen molar-refractivity contribution in [2.24, 2.45) is 0 Å². The number of hydrogen-bond donors (Lipinski definition) is 3. The molecular formula is C29H29ClN4O4S. The van der Waals surface area contributed by atoms with Gasteiger partial charge in [-0.2, -0.15) is 0 Å². The van der Waals surface area contributed by atoms with Crippen LogP contribution in [0.2, 0.25) is 5.02 Å². The number of hydrazine groups is 1. The van der Waals surface area contributed by atoms with Crippen molar-refractivity contribution in [2.45, 2.75) is 33.3 Å². The van der Waals surface area contributed by atoms with E-state index in [4.69, 9.17) is 16.3 Å². The van der Waals surface area contributed by atoms with E-state index in [0.29, 0.717) is 27.0 Å². The van der Waals surface area contributed by atoms with Gasteiger partial charge in [0, 0.05) is 27.1 Å². The van der Waals surface area contributed by atoms with E-state index in [9.17, 15) is 14.4 Å². The Labute approximate surface area is 236 Å². The van der Waals surface area contributed by atoms with Gasteiger partial charge in [-0.25, -0.2) is 15.2 Å². The molecule has 10 heteroatoms. The predicted octanol–water partition coefficient (Wildman–Crippen LogP) is 6.73. The number of nitrogens with one attached hydrogen (secondary N) is 3. The first-order valence-corrected chi connectivity index (χ1v) is 13.4. The van der Waals surface area contributed by atoms with Crippen LogP contribution in [0.25, 0.3) is 11.3 Å². The Hall–Kier alpha value is -4.21. The van der Waals surface area contributed by atoms with Crippen LogP contribution in [0.3, 0.4) is 0 Å². The van der Waals surface area contributed by atoms with Crippen LogP contribution < -0.4 is 20.9 Å². The van der Waals surface area contributed by atoms with Gasteiger partial charge in [0.2, 0.25) is 0 Å². The molecule has 1 aromatic heterocycles. The zero-order valence-electron chi connectivity index (χ0n) is 21.9. The van der Waals surface area contributed by atoms with Gasteiger partial charge in [0.15, 0.2) is 16.5 Å². The molecule has 0 spiro atoms. The molecule has 0 atom stereocenters. The first-order chi connectivity index (χ1) is 18.7. The Morgan fingerprint density at radius 1 is 0.846 bits per heavy atom. The van der Waals surface area contributed by atoms with Crippen LogP contribution in [0, 0.1) is 0 Å². The molecule has 0 saturated heterocycles. The lowest BCUT2D eigenvalue weighted by Gasteiger charge is -2.25. The summed E-state index contributed by atoms with van der Waals surface area (Å²) in [5.74, 6) is -0.354. The average molecular weight is 565 g/mol. The molecule has 1 heterocycles. The third kappa shape index (κ3) is 8.13. The quantitative estimate of drug-likeness (QED) is 0.170. The van der Waals surface area contributed by atoms with Crippen LogP contribution >= 0.6 is 22.9 Å². The lowest BCUT2D eigenvalue weighted by molar-refractivity contribution is -0.134. The number of aromatic nitrogens is 1. The van der Waals surface area contributed by atoms with E-state index in [2.05, 4.69) is 21.2 Å². The van der Waals surface area contributed by atoms with Gasteiger partial charge < -0.3 is 4.74 Å². The van der Waals surface area contributed by atoms with Crippen molar-refractivity contribution in [3.05, 3.63) is 100 Å². The Morgan fingerprint density at radius 3 is 2.05 bits per heavy atom. The number of thiazole rings is 1. The second-order valence-corrected chi connectivity index (χ2v) is 9.70. The van der Waals surface area contributed by atoms with Gasteiger partial charge in [-0.1, -0.05) is 55.8 Å². The van der Waals surface area contributed by atoms with Crippen LogP contribution in [-0.4, -0.2) is 28.3 Å². The van der Waals surface area contributed by atoms with E-state index in [1.165, 1.54) is 11.3 Å². The second-order valence-electron chi connectivity index (χ2n) is 8.41. The maximum atomic E-state index is 12.6. The summed E-state index contributed by atoms with van der Waals surface area (Å²) in [4.78, 5) is 41.9. The number of hydrogen-bond acceptors (Lipinski definition) is 6. The number of urea groups is 1. The van der Waals surface area contributed by atoms with Crippen molar-refractivity contribution in [3.8, 4) is 17.0 Å². The van der Waals surface area contributed by atoms with Crippen LogP contribution in [-0.2, 0) is 4.79 Å². The smallest absolute Gasteiger partial charge is 0.339 e. The Bertz CT molecular complexity index is 1410. The van der Waals surface area contributed by atoms with Gasteiger partial charge in [-0.3, -0.25) is 20.3 Å².